The molecule has 2 aliphatic heterocycles. The molecule has 2 aliphatic rings. The van der Waals surface area contributed by atoms with Crippen molar-refractivity contribution in [3.05, 3.63) is 29.3 Å². The van der Waals surface area contributed by atoms with Crippen molar-refractivity contribution < 1.29 is 4.74 Å². The molecule has 0 saturated carbocycles. The summed E-state index contributed by atoms with van der Waals surface area (Å²) in [4.78, 5) is 2.57. The fourth-order valence-corrected chi connectivity index (χ4v) is 3.45. The summed E-state index contributed by atoms with van der Waals surface area (Å²) >= 11 is 0. The van der Waals surface area contributed by atoms with E-state index in [-0.39, 0.29) is 0 Å². The van der Waals surface area contributed by atoms with E-state index in [0.717, 1.165) is 31.9 Å². The lowest BCUT2D eigenvalue weighted by Gasteiger charge is -2.28. The maximum absolute atomic E-state index is 6.07. The highest BCUT2D eigenvalue weighted by Crippen LogP contribution is 2.24. The Bertz CT molecular complexity index is 458. The lowest BCUT2D eigenvalue weighted by Crippen LogP contribution is -2.39. The van der Waals surface area contributed by atoms with Crippen molar-refractivity contribution >= 4 is 0 Å². The van der Waals surface area contributed by atoms with Crippen LogP contribution >= 0.6 is 0 Å². The number of nitrogens with one attached hydrogen (secondary N) is 1. The molecule has 0 amide bonds. The first kappa shape index (κ1) is 13.9. The average Bonchev–Trinajstić information content (AvgIpc) is 2.93. The van der Waals surface area contributed by atoms with Crippen LogP contribution in [0.5, 0.6) is 5.75 Å². The number of hydrogen-bond acceptors (Lipinski definition) is 3. The summed E-state index contributed by atoms with van der Waals surface area (Å²) in [5.41, 5.74) is 2.88. The fraction of sp³-hybridized carbons (Fsp3) is 0.647. The van der Waals surface area contributed by atoms with Gasteiger partial charge < -0.3 is 10.1 Å². The van der Waals surface area contributed by atoms with E-state index >= 15 is 0 Å². The Kier molecular flexibility index (Phi) is 4.27. The van der Waals surface area contributed by atoms with Gasteiger partial charge in [0.15, 0.2) is 0 Å². The predicted octanol–water partition coefficient (Wildman–Crippen LogP) is 2.58. The van der Waals surface area contributed by atoms with Crippen molar-refractivity contribution in [1.29, 1.82) is 0 Å². The van der Waals surface area contributed by atoms with E-state index in [9.17, 15) is 0 Å². The molecule has 3 rings (SSSR count). The summed E-state index contributed by atoms with van der Waals surface area (Å²) in [5, 5.41) is 3.41. The molecular weight excluding hydrogens is 248 g/mol. The van der Waals surface area contributed by atoms with Crippen LogP contribution in [-0.4, -0.2) is 36.7 Å². The zero-order valence-corrected chi connectivity index (χ0v) is 12.7. The molecule has 110 valence electrons. The molecule has 1 atom stereocenters. The molecule has 0 spiro atoms. The summed E-state index contributed by atoms with van der Waals surface area (Å²) in [6, 6.07) is 7.80. The van der Waals surface area contributed by atoms with Crippen LogP contribution in [0.15, 0.2) is 18.2 Å². The zero-order valence-electron chi connectivity index (χ0n) is 12.7. The summed E-state index contributed by atoms with van der Waals surface area (Å²) in [7, 11) is 0. The van der Waals surface area contributed by atoms with Gasteiger partial charge in [0.25, 0.3) is 0 Å². The van der Waals surface area contributed by atoms with Crippen molar-refractivity contribution in [1.82, 2.24) is 10.2 Å². The van der Waals surface area contributed by atoms with Crippen LogP contribution in [0.1, 0.15) is 37.8 Å². The Balaban J connectivity index is 1.61. The molecule has 3 heteroatoms. The number of hydrogen-bond donors (Lipinski definition) is 1. The van der Waals surface area contributed by atoms with Gasteiger partial charge in [0.1, 0.15) is 12.4 Å². The third kappa shape index (κ3) is 2.99. The molecular formula is C17H26N2O. The third-order valence-corrected chi connectivity index (χ3v) is 4.59. The lowest BCUT2D eigenvalue weighted by molar-refractivity contribution is 0.144. The topological polar surface area (TPSA) is 24.5 Å². The quantitative estimate of drug-likeness (QED) is 0.913. The lowest BCUT2D eigenvalue weighted by atomic mass is 10.0. The van der Waals surface area contributed by atoms with Gasteiger partial charge in [0, 0.05) is 18.6 Å². The number of benzene rings is 1. The minimum absolute atomic E-state index is 0.590. The fourth-order valence-electron chi connectivity index (χ4n) is 3.45. The third-order valence-electron chi connectivity index (χ3n) is 4.59. The van der Waals surface area contributed by atoms with Gasteiger partial charge in [-0.2, -0.15) is 0 Å². The summed E-state index contributed by atoms with van der Waals surface area (Å²) in [5.74, 6) is 1.04. The van der Waals surface area contributed by atoms with Gasteiger partial charge >= 0.3 is 0 Å². The second-order valence-electron chi connectivity index (χ2n) is 6.30. The highest BCUT2D eigenvalue weighted by Gasteiger charge is 2.26. The van der Waals surface area contributed by atoms with Gasteiger partial charge in [0.05, 0.1) is 0 Å². The smallest absolute Gasteiger partial charge is 0.119 e. The van der Waals surface area contributed by atoms with Crippen molar-refractivity contribution in [2.75, 3.05) is 19.7 Å². The minimum atomic E-state index is 0.590. The molecule has 3 nitrogen and oxygen atoms in total. The van der Waals surface area contributed by atoms with Crippen molar-refractivity contribution in [2.45, 2.75) is 51.7 Å². The molecule has 1 aromatic carbocycles. The number of likely N-dealkylation sites (tertiary alicyclic amines) is 1. The molecule has 0 aromatic heterocycles. The Morgan fingerprint density at radius 2 is 2.25 bits per heavy atom. The van der Waals surface area contributed by atoms with Crippen LogP contribution in [0.2, 0.25) is 0 Å². The van der Waals surface area contributed by atoms with Gasteiger partial charge in [-0.05, 0) is 69.5 Å². The first-order valence-electron chi connectivity index (χ1n) is 7.95. The summed E-state index contributed by atoms with van der Waals surface area (Å²) in [6.07, 6.45) is 3.70. The monoisotopic (exact) mass is 274 g/mol. The molecule has 1 N–H and O–H groups in total. The Hall–Kier alpha value is -1.06. The van der Waals surface area contributed by atoms with Gasteiger partial charge in [-0.15, -0.1) is 0 Å². The molecule has 1 saturated heterocycles. The Morgan fingerprint density at radius 1 is 1.35 bits per heavy atom. The van der Waals surface area contributed by atoms with Gasteiger partial charge in [-0.25, -0.2) is 0 Å². The number of fused-ring (bicyclic) bond motifs is 1. The zero-order chi connectivity index (χ0) is 13.9. The molecule has 1 fully saturated rings. The molecule has 1 aromatic rings. The van der Waals surface area contributed by atoms with E-state index in [2.05, 4.69) is 42.3 Å². The maximum atomic E-state index is 6.07. The number of nitrogens with zero attached hydrogens (tertiary/aromatic N) is 1. The molecule has 0 aliphatic carbocycles. The van der Waals surface area contributed by atoms with Crippen molar-refractivity contribution in [3.8, 4) is 5.75 Å². The van der Waals surface area contributed by atoms with E-state index < -0.39 is 0 Å². The van der Waals surface area contributed by atoms with E-state index in [0.29, 0.717) is 12.1 Å². The molecule has 2 heterocycles. The van der Waals surface area contributed by atoms with Crippen LogP contribution in [0, 0.1) is 0 Å². The summed E-state index contributed by atoms with van der Waals surface area (Å²) < 4.78 is 6.07. The van der Waals surface area contributed by atoms with E-state index in [1.165, 1.54) is 30.5 Å². The van der Waals surface area contributed by atoms with Crippen LogP contribution in [0.4, 0.5) is 0 Å². The molecule has 20 heavy (non-hydrogen) atoms. The van der Waals surface area contributed by atoms with E-state index in [4.69, 9.17) is 4.74 Å². The van der Waals surface area contributed by atoms with Crippen LogP contribution in [-0.2, 0) is 13.0 Å². The maximum Gasteiger partial charge on any atom is 0.119 e. The first-order chi connectivity index (χ1) is 9.74. The second-order valence-corrected chi connectivity index (χ2v) is 6.30. The van der Waals surface area contributed by atoms with E-state index in [1.807, 2.05) is 0 Å². The highest BCUT2D eigenvalue weighted by atomic mass is 16.5. The van der Waals surface area contributed by atoms with Gasteiger partial charge in [-0.1, -0.05) is 6.07 Å². The van der Waals surface area contributed by atoms with Gasteiger partial charge in [0.2, 0.25) is 0 Å². The average molecular weight is 274 g/mol. The van der Waals surface area contributed by atoms with E-state index in [1.54, 1.807) is 0 Å². The molecule has 0 radical (unpaired) electrons. The number of ether oxygens (including phenoxy) is 1. The molecule has 0 bridgehead atoms. The minimum Gasteiger partial charge on any atom is -0.492 e. The number of rotatable bonds is 4. The van der Waals surface area contributed by atoms with Crippen molar-refractivity contribution in [3.63, 3.8) is 0 Å². The SMILES string of the molecule is CC(C)N1CCCC1COc1ccc2c(c1)CCNC2. The van der Waals surface area contributed by atoms with Crippen LogP contribution in [0.3, 0.4) is 0 Å². The standard InChI is InChI=1S/C17H26N2O/c1-13(2)19-9-3-4-16(19)12-20-17-6-5-15-11-18-8-7-14(15)10-17/h5-6,10,13,16,18H,3-4,7-9,11-12H2,1-2H3. The highest BCUT2D eigenvalue weighted by molar-refractivity contribution is 5.37. The summed E-state index contributed by atoms with van der Waals surface area (Å²) in [6.45, 7) is 8.70. The molecule has 1 unspecified atom stereocenters. The first-order valence-corrected chi connectivity index (χ1v) is 7.95. The van der Waals surface area contributed by atoms with Crippen LogP contribution in [0.25, 0.3) is 0 Å². The predicted molar refractivity (Wildman–Crippen MR) is 82.2 cm³/mol. The van der Waals surface area contributed by atoms with Gasteiger partial charge in [-0.3, -0.25) is 4.90 Å². The van der Waals surface area contributed by atoms with Crippen LogP contribution < -0.4 is 10.1 Å². The largest absolute Gasteiger partial charge is 0.492 e. The Morgan fingerprint density at radius 3 is 3.10 bits per heavy atom. The normalized spacial score (nSPS) is 23.1. The Labute approximate surface area is 122 Å². The second kappa shape index (κ2) is 6.15. The van der Waals surface area contributed by atoms with Crippen molar-refractivity contribution in [2.24, 2.45) is 0 Å².